The van der Waals surface area contributed by atoms with Gasteiger partial charge < -0.3 is 10.4 Å². The number of piperidine rings is 1. The summed E-state index contributed by atoms with van der Waals surface area (Å²) < 4.78 is 28.9. The van der Waals surface area contributed by atoms with Gasteiger partial charge in [-0.05, 0) is 56.9 Å². The molecule has 0 spiro atoms. The van der Waals surface area contributed by atoms with Gasteiger partial charge in [-0.1, -0.05) is 6.42 Å². The molecule has 0 radical (unpaired) electrons. The number of hydrogen-bond donors (Lipinski definition) is 2. The highest BCUT2D eigenvalue weighted by molar-refractivity contribution is 7.89. The van der Waals surface area contributed by atoms with E-state index in [9.17, 15) is 18.3 Å². The van der Waals surface area contributed by atoms with Gasteiger partial charge in [0.25, 0.3) is 5.78 Å². The summed E-state index contributed by atoms with van der Waals surface area (Å²) in [5.41, 5.74) is 2.60. The standard InChI is InChI=1S/C21H26N6O4S/c1-14-17(15(2)27-21(24-14)22-13-23-27)7-9-20(29)25-18-12-16(6-8-19(18)28)32(30,31)26-10-4-3-5-11-26/h6,8,12-13,28H,3-5,7,9-11H2,1-2H3,(H,25,29). The van der Waals surface area contributed by atoms with Crippen LogP contribution in [0.2, 0.25) is 0 Å². The van der Waals surface area contributed by atoms with Gasteiger partial charge in [-0.25, -0.2) is 17.9 Å². The van der Waals surface area contributed by atoms with Crippen LogP contribution in [0.5, 0.6) is 5.75 Å². The Kier molecular flexibility index (Phi) is 6.11. The molecule has 1 aliphatic heterocycles. The van der Waals surface area contributed by atoms with Gasteiger partial charge in [0.05, 0.1) is 10.6 Å². The van der Waals surface area contributed by atoms with Crippen molar-refractivity contribution in [3.8, 4) is 5.75 Å². The van der Waals surface area contributed by atoms with Crippen molar-refractivity contribution < 1.29 is 18.3 Å². The molecule has 170 valence electrons. The SMILES string of the molecule is Cc1nc2ncnn2c(C)c1CCC(=O)Nc1cc(S(=O)(=O)N2CCCCC2)ccc1O. The summed E-state index contributed by atoms with van der Waals surface area (Å²) in [7, 11) is -3.67. The Balaban J connectivity index is 1.48. The van der Waals surface area contributed by atoms with Gasteiger partial charge in [-0.3, -0.25) is 4.79 Å². The Labute approximate surface area is 186 Å². The van der Waals surface area contributed by atoms with E-state index in [1.807, 2.05) is 13.8 Å². The first-order valence-corrected chi connectivity index (χ1v) is 12.0. The largest absolute Gasteiger partial charge is 0.506 e. The molecule has 1 saturated heterocycles. The van der Waals surface area contributed by atoms with E-state index in [4.69, 9.17) is 0 Å². The van der Waals surface area contributed by atoms with Crippen LogP contribution in [0.1, 0.15) is 42.6 Å². The number of benzene rings is 1. The van der Waals surface area contributed by atoms with Gasteiger partial charge in [0.2, 0.25) is 15.9 Å². The first-order chi connectivity index (χ1) is 15.3. The highest BCUT2D eigenvalue weighted by Crippen LogP contribution is 2.29. The van der Waals surface area contributed by atoms with E-state index in [2.05, 4.69) is 20.4 Å². The number of carbonyl (C=O) groups excluding carboxylic acids is 1. The molecular formula is C21H26N6O4S. The zero-order valence-corrected chi connectivity index (χ0v) is 18.9. The molecule has 0 atom stereocenters. The average molecular weight is 459 g/mol. The van der Waals surface area contributed by atoms with Crippen LogP contribution in [-0.4, -0.2) is 56.4 Å². The zero-order valence-electron chi connectivity index (χ0n) is 18.1. The molecule has 1 aliphatic rings. The fourth-order valence-corrected chi connectivity index (χ4v) is 5.54. The van der Waals surface area contributed by atoms with Gasteiger partial charge in [-0.2, -0.15) is 14.4 Å². The maximum Gasteiger partial charge on any atom is 0.252 e. The molecule has 0 unspecified atom stereocenters. The van der Waals surface area contributed by atoms with Crippen LogP contribution in [0.3, 0.4) is 0 Å². The van der Waals surface area contributed by atoms with Gasteiger partial charge in [-0.15, -0.1) is 0 Å². The predicted octanol–water partition coefficient (Wildman–Crippen LogP) is 2.19. The first kappa shape index (κ1) is 22.2. The van der Waals surface area contributed by atoms with Crippen molar-refractivity contribution in [3.05, 3.63) is 41.5 Å². The van der Waals surface area contributed by atoms with Crippen LogP contribution in [0.15, 0.2) is 29.4 Å². The lowest BCUT2D eigenvalue weighted by Crippen LogP contribution is -2.35. The van der Waals surface area contributed by atoms with Crippen molar-refractivity contribution in [3.63, 3.8) is 0 Å². The molecule has 3 heterocycles. The van der Waals surface area contributed by atoms with Crippen LogP contribution >= 0.6 is 0 Å². The highest BCUT2D eigenvalue weighted by atomic mass is 32.2. The Morgan fingerprint density at radius 3 is 2.69 bits per heavy atom. The third-order valence-electron chi connectivity index (χ3n) is 5.79. The van der Waals surface area contributed by atoms with E-state index < -0.39 is 10.0 Å². The Morgan fingerprint density at radius 1 is 1.19 bits per heavy atom. The molecule has 1 amide bonds. The summed E-state index contributed by atoms with van der Waals surface area (Å²) >= 11 is 0. The number of carbonyl (C=O) groups is 1. The summed E-state index contributed by atoms with van der Waals surface area (Å²) in [5.74, 6) is -0.0239. The van der Waals surface area contributed by atoms with Crippen molar-refractivity contribution in [2.45, 2.75) is 50.8 Å². The highest BCUT2D eigenvalue weighted by Gasteiger charge is 2.26. The second-order valence-corrected chi connectivity index (χ2v) is 9.86. The molecule has 0 saturated carbocycles. The summed E-state index contributed by atoms with van der Waals surface area (Å²) in [6, 6.07) is 3.97. The first-order valence-electron chi connectivity index (χ1n) is 10.6. The minimum absolute atomic E-state index is 0.0556. The van der Waals surface area contributed by atoms with Crippen molar-refractivity contribution in [1.29, 1.82) is 0 Å². The molecule has 1 aromatic carbocycles. The van der Waals surface area contributed by atoms with Crippen molar-refractivity contribution in [2.75, 3.05) is 18.4 Å². The lowest BCUT2D eigenvalue weighted by atomic mass is 10.1. The number of aromatic nitrogens is 4. The van der Waals surface area contributed by atoms with Gasteiger partial charge in [0, 0.05) is 30.9 Å². The number of phenolic OH excluding ortho intramolecular Hbond substituents is 1. The molecule has 0 bridgehead atoms. The zero-order chi connectivity index (χ0) is 22.9. The third kappa shape index (κ3) is 4.30. The van der Waals surface area contributed by atoms with Crippen molar-refractivity contribution in [2.24, 2.45) is 0 Å². The molecule has 10 nitrogen and oxygen atoms in total. The van der Waals surface area contributed by atoms with E-state index in [1.165, 1.54) is 28.8 Å². The number of sulfonamides is 1. The molecule has 4 rings (SSSR count). The number of amides is 1. The number of phenols is 1. The average Bonchev–Trinajstić information content (AvgIpc) is 3.24. The number of nitrogens with zero attached hydrogens (tertiary/aromatic N) is 5. The Bertz CT molecular complexity index is 1260. The fraction of sp³-hybridized carbons (Fsp3) is 0.429. The van der Waals surface area contributed by atoms with Crippen LogP contribution < -0.4 is 5.32 Å². The van der Waals surface area contributed by atoms with E-state index in [1.54, 1.807) is 4.52 Å². The Morgan fingerprint density at radius 2 is 1.94 bits per heavy atom. The Hall–Kier alpha value is -3.05. The van der Waals surface area contributed by atoms with E-state index >= 15 is 0 Å². The summed E-state index contributed by atoms with van der Waals surface area (Å²) in [6.45, 7) is 4.71. The molecule has 3 aromatic rings. The maximum atomic E-state index is 12.9. The number of nitrogens with one attached hydrogen (secondary N) is 1. The molecule has 11 heteroatoms. The number of aromatic hydroxyl groups is 1. The summed E-state index contributed by atoms with van der Waals surface area (Å²) in [5, 5.41) is 17.0. The smallest absolute Gasteiger partial charge is 0.252 e. The lowest BCUT2D eigenvalue weighted by molar-refractivity contribution is -0.116. The van der Waals surface area contributed by atoms with E-state index in [0.717, 1.165) is 36.2 Å². The van der Waals surface area contributed by atoms with E-state index in [-0.39, 0.29) is 28.7 Å². The monoisotopic (exact) mass is 458 g/mol. The minimum Gasteiger partial charge on any atom is -0.506 e. The van der Waals surface area contributed by atoms with E-state index in [0.29, 0.717) is 25.3 Å². The van der Waals surface area contributed by atoms with Gasteiger partial charge in [0.1, 0.15) is 12.1 Å². The topological polar surface area (TPSA) is 130 Å². The van der Waals surface area contributed by atoms with Gasteiger partial charge in [0.15, 0.2) is 0 Å². The van der Waals surface area contributed by atoms with Crippen LogP contribution in [0, 0.1) is 13.8 Å². The summed E-state index contributed by atoms with van der Waals surface area (Å²) in [4.78, 5) is 21.1. The normalized spacial score (nSPS) is 15.2. The molecule has 32 heavy (non-hydrogen) atoms. The molecule has 2 N–H and O–H groups in total. The number of aryl methyl sites for hydroxylation is 2. The molecular weight excluding hydrogens is 432 g/mol. The van der Waals surface area contributed by atoms with Crippen LogP contribution in [0.4, 0.5) is 5.69 Å². The lowest BCUT2D eigenvalue weighted by Gasteiger charge is -2.26. The predicted molar refractivity (Wildman–Crippen MR) is 118 cm³/mol. The quantitative estimate of drug-likeness (QED) is 0.542. The molecule has 2 aromatic heterocycles. The van der Waals surface area contributed by atoms with Crippen LogP contribution in [-0.2, 0) is 21.2 Å². The maximum absolute atomic E-state index is 12.9. The number of rotatable bonds is 6. The number of fused-ring (bicyclic) bond motifs is 1. The van der Waals surface area contributed by atoms with Crippen molar-refractivity contribution >= 4 is 27.4 Å². The number of anilines is 1. The van der Waals surface area contributed by atoms with Crippen molar-refractivity contribution in [1.82, 2.24) is 23.9 Å². The molecule has 0 aliphatic carbocycles. The summed E-state index contributed by atoms with van der Waals surface area (Å²) in [6.07, 6.45) is 4.65. The van der Waals surface area contributed by atoms with Gasteiger partial charge >= 0.3 is 0 Å². The second kappa shape index (κ2) is 8.83. The third-order valence-corrected chi connectivity index (χ3v) is 7.68. The second-order valence-electron chi connectivity index (χ2n) is 7.92. The fourth-order valence-electron chi connectivity index (χ4n) is 4.00. The minimum atomic E-state index is -3.67. The van der Waals surface area contributed by atoms with Crippen LogP contribution in [0.25, 0.3) is 5.78 Å². The molecule has 1 fully saturated rings. The number of hydrogen-bond acceptors (Lipinski definition) is 7.